The zero-order valence-corrected chi connectivity index (χ0v) is 7.69. The number of aromatic nitrogens is 1. The first-order valence-electron chi connectivity index (χ1n) is 3.06. The fraction of sp³-hybridized carbons (Fsp3) is 0. The van der Waals surface area contributed by atoms with Crippen LogP contribution in [0.25, 0.3) is 0 Å². The fourth-order valence-corrected chi connectivity index (χ4v) is 1.15. The van der Waals surface area contributed by atoms with Gasteiger partial charge in [0.15, 0.2) is 4.60 Å². The number of hydrogen-bond donors (Lipinski definition) is 1. The van der Waals surface area contributed by atoms with Gasteiger partial charge in [0, 0.05) is 6.07 Å². The molecule has 0 aliphatic carbocycles. The largest absolute Gasteiger partial charge is 0.477 e. The maximum Gasteiger partial charge on any atom is 0.354 e. The molecule has 6 nitrogen and oxygen atoms in total. The molecule has 1 rings (SSSR count). The van der Waals surface area contributed by atoms with Gasteiger partial charge in [-0.05, 0) is 22.0 Å². The highest BCUT2D eigenvalue weighted by Crippen LogP contribution is 2.21. The van der Waals surface area contributed by atoms with Crippen LogP contribution < -0.4 is 0 Å². The minimum absolute atomic E-state index is 0.0857. The first-order valence-corrected chi connectivity index (χ1v) is 3.86. The van der Waals surface area contributed by atoms with Gasteiger partial charge in [-0.2, -0.15) is 0 Å². The maximum absolute atomic E-state index is 10.4. The van der Waals surface area contributed by atoms with E-state index in [0.717, 1.165) is 12.1 Å². The smallest absolute Gasteiger partial charge is 0.354 e. The standard InChI is InChI=1S/C6H3BrN2O4/c7-5-4(9(12)13)2-1-3(8-5)6(10)11/h1-2H,(H,10,11). The molecule has 0 unspecified atom stereocenters. The summed E-state index contributed by atoms with van der Waals surface area (Å²) in [6.07, 6.45) is 0. The summed E-state index contributed by atoms with van der Waals surface area (Å²) in [7, 11) is 0. The molecule has 0 fully saturated rings. The van der Waals surface area contributed by atoms with Crippen LogP contribution in [0.15, 0.2) is 16.7 Å². The van der Waals surface area contributed by atoms with Crippen LogP contribution in [-0.4, -0.2) is 21.0 Å². The normalized spacial score (nSPS) is 9.62. The van der Waals surface area contributed by atoms with Gasteiger partial charge in [-0.3, -0.25) is 10.1 Å². The molecule has 1 heterocycles. The molecule has 0 atom stereocenters. The lowest BCUT2D eigenvalue weighted by Gasteiger charge is -1.95. The first-order chi connectivity index (χ1) is 6.02. The molecule has 1 N–H and O–H groups in total. The van der Waals surface area contributed by atoms with Crippen LogP contribution in [-0.2, 0) is 0 Å². The Balaban J connectivity index is 3.20. The number of hydrogen-bond acceptors (Lipinski definition) is 4. The maximum atomic E-state index is 10.4. The predicted octanol–water partition coefficient (Wildman–Crippen LogP) is 1.45. The lowest BCUT2D eigenvalue weighted by Crippen LogP contribution is -2.01. The van der Waals surface area contributed by atoms with Crippen molar-refractivity contribution < 1.29 is 14.8 Å². The molecule has 1 aromatic heterocycles. The molecule has 0 aromatic carbocycles. The average Bonchev–Trinajstić information content (AvgIpc) is 2.03. The van der Waals surface area contributed by atoms with Crippen LogP contribution in [0.2, 0.25) is 0 Å². The van der Waals surface area contributed by atoms with Crippen LogP contribution in [0, 0.1) is 10.1 Å². The van der Waals surface area contributed by atoms with E-state index < -0.39 is 10.9 Å². The van der Waals surface area contributed by atoms with Gasteiger partial charge in [-0.15, -0.1) is 0 Å². The van der Waals surface area contributed by atoms with Gasteiger partial charge in [0.2, 0.25) is 0 Å². The minimum Gasteiger partial charge on any atom is -0.477 e. The number of nitrogens with zero attached hydrogens (tertiary/aromatic N) is 2. The lowest BCUT2D eigenvalue weighted by atomic mass is 10.3. The Morgan fingerprint density at radius 2 is 2.23 bits per heavy atom. The molecule has 1 aromatic rings. The lowest BCUT2D eigenvalue weighted by molar-refractivity contribution is -0.386. The molecule has 7 heteroatoms. The van der Waals surface area contributed by atoms with Crippen LogP contribution >= 0.6 is 15.9 Å². The highest BCUT2D eigenvalue weighted by Gasteiger charge is 2.15. The Kier molecular flexibility index (Phi) is 2.57. The van der Waals surface area contributed by atoms with Crippen molar-refractivity contribution >= 4 is 27.6 Å². The summed E-state index contributed by atoms with van der Waals surface area (Å²) < 4.78 is -0.0857. The molecule has 0 aliphatic rings. The van der Waals surface area contributed by atoms with E-state index in [0.29, 0.717) is 0 Å². The molecule has 68 valence electrons. The molecule has 0 aliphatic heterocycles. The molecular weight excluding hydrogens is 244 g/mol. The predicted molar refractivity (Wildman–Crippen MR) is 45.6 cm³/mol. The van der Waals surface area contributed by atoms with E-state index >= 15 is 0 Å². The number of carbonyl (C=O) groups is 1. The zero-order valence-electron chi connectivity index (χ0n) is 6.10. The SMILES string of the molecule is O=C(O)c1ccc([N+](=O)[O-])c(Br)n1. The summed E-state index contributed by atoms with van der Waals surface area (Å²) in [6.45, 7) is 0. The van der Waals surface area contributed by atoms with Crippen LogP contribution in [0.4, 0.5) is 5.69 Å². The van der Waals surface area contributed by atoms with Crippen molar-refractivity contribution in [1.82, 2.24) is 4.98 Å². The molecule has 0 saturated heterocycles. The molecule has 0 saturated carbocycles. The molecule has 0 radical (unpaired) electrons. The van der Waals surface area contributed by atoms with E-state index in [1.54, 1.807) is 0 Å². The third-order valence-corrected chi connectivity index (χ3v) is 1.83. The van der Waals surface area contributed by atoms with Crippen LogP contribution in [0.3, 0.4) is 0 Å². The molecule has 0 spiro atoms. The minimum atomic E-state index is -1.23. The Morgan fingerprint density at radius 3 is 2.62 bits per heavy atom. The van der Waals surface area contributed by atoms with Crippen molar-refractivity contribution in [3.63, 3.8) is 0 Å². The number of carboxylic acids is 1. The summed E-state index contributed by atoms with van der Waals surface area (Å²) in [5, 5.41) is 18.8. The first kappa shape index (κ1) is 9.59. The number of nitro groups is 1. The van der Waals surface area contributed by atoms with Crippen molar-refractivity contribution in [2.24, 2.45) is 0 Å². The number of pyridine rings is 1. The third kappa shape index (κ3) is 2.00. The van der Waals surface area contributed by atoms with E-state index in [4.69, 9.17) is 5.11 Å². The second-order valence-corrected chi connectivity index (χ2v) is 2.82. The second-order valence-electron chi connectivity index (χ2n) is 2.07. The molecule has 13 heavy (non-hydrogen) atoms. The van der Waals surface area contributed by atoms with Gasteiger partial charge < -0.3 is 5.11 Å². The Bertz CT molecular complexity index is 379. The fourth-order valence-electron chi connectivity index (χ4n) is 0.682. The quantitative estimate of drug-likeness (QED) is 0.484. The third-order valence-electron chi connectivity index (χ3n) is 1.24. The zero-order chi connectivity index (χ0) is 10.0. The number of halogens is 1. The van der Waals surface area contributed by atoms with Gasteiger partial charge in [0.05, 0.1) is 4.92 Å². The van der Waals surface area contributed by atoms with Crippen molar-refractivity contribution in [1.29, 1.82) is 0 Å². The summed E-state index contributed by atoms with van der Waals surface area (Å²) in [5.41, 5.74) is -0.498. The van der Waals surface area contributed by atoms with Crippen molar-refractivity contribution in [2.45, 2.75) is 0 Å². The van der Waals surface area contributed by atoms with Gasteiger partial charge in [0.1, 0.15) is 5.69 Å². The van der Waals surface area contributed by atoms with Gasteiger partial charge in [-0.1, -0.05) is 0 Å². The highest BCUT2D eigenvalue weighted by molar-refractivity contribution is 9.10. The summed E-state index contributed by atoms with van der Waals surface area (Å²) in [4.78, 5) is 23.5. The van der Waals surface area contributed by atoms with E-state index in [9.17, 15) is 14.9 Å². The topological polar surface area (TPSA) is 93.3 Å². The molecule has 0 amide bonds. The summed E-state index contributed by atoms with van der Waals surface area (Å²) in [6, 6.07) is 2.16. The van der Waals surface area contributed by atoms with Crippen LogP contribution in [0.1, 0.15) is 10.5 Å². The van der Waals surface area contributed by atoms with E-state index in [1.165, 1.54) is 0 Å². The second kappa shape index (κ2) is 3.48. The number of aromatic carboxylic acids is 1. The Morgan fingerprint density at radius 1 is 1.62 bits per heavy atom. The van der Waals surface area contributed by atoms with Crippen molar-refractivity contribution in [2.75, 3.05) is 0 Å². The van der Waals surface area contributed by atoms with Crippen molar-refractivity contribution in [3.05, 3.63) is 32.5 Å². The van der Waals surface area contributed by atoms with Crippen LogP contribution in [0.5, 0.6) is 0 Å². The summed E-state index contributed by atoms with van der Waals surface area (Å²) >= 11 is 2.80. The number of carboxylic acid groups (broad SMARTS) is 1. The number of rotatable bonds is 2. The molecule has 0 bridgehead atoms. The summed E-state index contributed by atoms with van der Waals surface area (Å²) in [5.74, 6) is -1.23. The van der Waals surface area contributed by atoms with Gasteiger partial charge in [0.25, 0.3) is 0 Å². The van der Waals surface area contributed by atoms with Gasteiger partial charge >= 0.3 is 11.7 Å². The monoisotopic (exact) mass is 246 g/mol. The highest BCUT2D eigenvalue weighted by atomic mass is 79.9. The average molecular weight is 247 g/mol. The Labute approximate surface area is 80.5 Å². The molecular formula is C6H3BrN2O4. The Hall–Kier alpha value is -1.50. The van der Waals surface area contributed by atoms with Gasteiger partial charge in [-0.25, -0.2) is 9.78 Å². The van der Waals surface area contributed by atoms with Crippen molar-refractivity contribution in [3.8, 4) is 0 Å². The van der Waals surface area contributed by atoms with E-state index in [-0.39, 0.29) is 16.0 Å². The van der Waals surface area contributed by atoms with E-state index in [2.05, 4.69) is 20.9 Å². The van der Waals surface area contributed by atoms with E-state index in [1.807, 2.05) is 0 Å².